The van der Waals surface area contributed by atoms with Gasteiger partial charge in [-0.2, -0.15) is 0 Å². The molecule has 0 amide bonds. The molecule has 0 aromatic heterocycles. The summed E-state index contributed by atoms with van der Waals surface area (Å²) in [6.45, 7) is 0. The van der Waals surface area contributed by atoms with E-state index < -0.39 is 0 Å². The van der Waals surface area contributed by atoms with Crippen molar-refractivity contribution in [3.63, 3.8) is 0 Å². The van der Waals surface area contributed by atoms with E-state index in [0.29, 0.717) is 16.5 Å². The molecule has 0 atom stereocenters. The van der Waals surface area contributed by atoms with Crippen LogP contribution in [0, 0.1) is 7.11 Å². The first kappa shape index (κ1) is 8.21. The molecule has 0 saturated carbocycles. The fourth-order valence-electron chi connectivity index (χ4n) is 0.726. The highest BCUT2D eigenvalue weighted by atomic mass is 35.5. The van der Waals surface area contributed by atoms with Gasteiger partial charge in [-0.1, -0.05) is 11.6 Å². The normalized spacial score (nSPS) is 9.36. The molecule has 0 heterocycles. The van der Waals surface area contributed by atoms with Gasteiger partial charge in [-0.15, -0.1) is 0 Å². The first-order valence-corrected chi connectivity index (χ1v) is 3.41. The van der Waals surface area contributed by atoms with Gasteiger partial charge in [0.05, 0.1) is 12.1 Å². The summed E-state index contributed by atoms with van der Waals surface area (Å²) in [4.78, 5) is 0. The third-order valence-corrected chi connectivity index (χ3v) is 1.59. The zero-order valence-corrected chi connectivity index (χ0v) is 6.89. The van der Waals surface area contributed by atoms with E-state index in [1.807, 2.05) is 0 Å². The van der Waals surface area contributed by atoms with Gasteiger partial charge >= 0.3 is 0 Å². The van der Waals surface area contributed by atoms with Crippen LogP contribution >= 0.6 is 11.6 Å². The fraction of sp³-hybridized carbons (Fsp3) is 0.125. The Kier molecular flexibility index (Phi) is 2.60. The predicted molar refractivity (Wildman–Crippen MR) is 44.0 cm³/mol. The van der Waals surface area contributed by atoms with Crippen molar-refractivity contribution in [2.45, 2.75) is 0 Å². The van der Waals surface area contributed by atoms with Gasteiger partial charge in [0.15, 0.2) is 0 Å². The maximum absolute atomic E-state index is 5.76. The second-order valence-electron chi connectivity index (χ2n) is 1.94. The van der Waals surface area contributed by atoms with E-state index in [0.717, 1.165) is 0 Å². The summed E-state index contributed by atoms with van der Waals surface area (Å²) in [6.07, 6.45) is 0. The lowest BCUT2D eigenvalue weighted by molar-refractivity contribution is 0.412. The molecule has 0 aliphatic carbocycles. The Bertz CT molecular complexity index is 248. The molecule has 11 heavy (non-hydrogen) atoms. The van der Waals surface area contributed by atoms with Crippen molar-refractivity contribution in [1.82, 2.24) is 0 Å². The van der Waals surface area contributed by atoms with Gasteiger partial charge in [-0.05, 0) is 12.1 Å². The highest BCUT2D eigenvalue weighted by Crippen LogP contribution is 2.28. The van der Waals surface area contributed by atoms with Gasteiger partial charge in [0, 0.05) is 6.07 Å². The van der Waals surface area contributed by atoms with E-state index in [-0.39, 0.29) is 0 Å². The van der Waals surface area contributed by atoms with Crippen molar-refractivity contribution >= 4 is 11.6 Å². The highest BCUT2D eigenvalue weighted by Gasteiger charge is 2.00. The van der Waals surface area contributed by atoms with Crippen molar-refractivity contribution in [3.05, 3.63) is 30.3 Å². The molecule has 0 N–H and O–H groups in total. The number of hydrogen-bond donors (Lipinski definition) is 0. The molecule has 0 aliphatic heterocycles. The smallest absolute Gasteiger partial charge is 0.138 e. The van der Waals surface area contributed by atoms with Gasteiger partial charge in [-0.3, -0.25) is 0 Å². The summed E-state index contributed by atoms with van der Waals surface area (Å²) in [5.41, 5.74) is 0. The predicted octanol–water partition coefficient (Wildman–Crippen LogP) is 2.52. The lowest BCUT2D eigenvalue weighted by Gasteiger charge is -2.03. The van der Waals surface area contributed by atoms with Crippen LogP contribution in [-0.2, 0) is 0 Å². The minimum Gasteiger partial charge on any atom is -0.497 e. The van der Waals surface area contributed by atoms with Crippen LogP contribution in [0.4, 0.5) is 0 Å². The maximum Gasteiger partial charge on any atom is 0.138 e. The maximum atomic E-state index is 5.76. The molecule has 0 bridgehead atoms. The molecule has 1 aromatic rings. The molecule has 59 valence electrons. The molecular formula is C8H8ClO2. The molecule has 1 rings (SSSR count). The number of hydrogen-bond acceptors (Lipinski definition) is 2. The van der Waals surface area contributed by atoms with Crippen molar-refractivity contribution < 1.29 is 9.47 Å². The first-order valence-electron chi connectivity index (χ1n) is 3.03. The Morgan fingerprint density at radius 1 is 1.45 bits per heavy atom. The fourth-order valence-corrected chi connectivity index (χ4v) is 0.951. The molecule has 1 aromatic carbocycles. The summed E-state index contributed by atoms with van der Waals surface area (Å²) >= 11 is 5.76. The number of methoxy groups -OCH3 is 1. The summed E-state index contributed by atoms with van der Waals surface area (Å²) < 4.78 is 9.64. The number of ether oxygens (including phenoxy) is 2. The van der Waals surface area contributed by atoms with Crippen LogP contribution in [0.5, 0.6) is 11.5 Å². The van der Waals surface area contributed by atoms with E-state index in [2.05, 4.69) is 7.11 Å². The quantitative estimate of drug-likeness (QED) is 0.681. The summed E-state index contributed by atoms with van der Waals surface area (Å²) in [5, 5.41) is 0.499. The van der Waals surface area contributed by atoms with E-state index in [4.69, 9.17) is 21.1 Å². The Morgan fingerprint density at radius 3 is 2.64 bits per heavy atom. The molecule has 2 nitrogen and oxygen atoms in total. The monoisotopic (exact) mass is 171 g/mol. The Labute approximate surface area is 70.7 Å². The number of rotatable bonds is 2. The Balaban J connectivity index is 2.99. The summed E-state index contributed by atoms with van der Waals surface area (Å²) in [7, 11) is 4.83. The van der Waals surface area contributed by atoms with Crippen LogP contribution in [0.3, 0.4) is 0 Å². The summed E-state index contributed by atoms with van der Waals surface area (Å²) in [5.74, 6) is 1.25. The van der Waals surface area contributed by atoms with E-state index in [9.17, 15) is 0 Å². The van der Waals surface area contributed by atoms with Gasteiger partial charge in [-0.25, -0.2) is 0 Å². The molecule has 0 unspecified atom stereocenters. The number of halogens is 1. The molecule has 3 heteroatoms. The Hall–Kier alpha value is -0.890. The number of benzene rings is 1. The second kappa shape index (κ2) is 3.49. The zero-order valence-electron chi connectivity index (χ0n) is 6.13. The topological polar surface area (TPSA) is 18.5 Å². The molecule has 0 aliphatic rings. The molecule has 0 spiro atoms. The summed E-state index contributed by atoms with van der Waals surface area (Å²) in [6, 6.07) is 5.13. The van der Waals surface area contributed by atoms with E-state index in [1.54, 1.807) is 25.3 Å². The van der Waals surface area contributed by atoms with Crippen LogP contribution in [0.1, 0.15) is 0 Å². The largest absolute Gasteiger partial charge is 0.497 e. The minimum absolute atomic E-state index is 0.499. The molecular weight excluding hydrogens is 164 g/mol. The molecule has 0 saturated heterocycles. The van der Waals surface area contributed by atoms with Crippen molar-refractivity contribution in [1.29, 1.82) is 0 Å². The lowest BCUT2D eigenvalue weighted by Crippen LogP contribution is -1.84. The zero-order chi connectivity index (χ0) is 8.27. The van der Waals surface area contributed by atoms with Crippen LogP contribution < -0.4 is 9.47 Å². The minimum atomic E-state index is 0.499. The van der Waals surface area contributed by atoms with Crippen molar-refractivity contribution in [2.24, 2.45) is 0 Å². The molecule has 0 fully saturated rings. The van der Waals surface area contributed by atoms with E-state index >= 15 is 0 Å². The standard InChI is InChI=1S/C8H8ClO2/c1-10-6-3-4-8(11-2)7(9)5-6/h3-5H,2H2,1H3. The third kappa shape index (κ3) is 1.77. The highest BCUT2D eigenvalue weighted by molar-refractivity contribution is 6.32. The second-order valence-corrected chi connectivity index (χ2v) is 2.35. The SMILES string of the molecule is [CH2]Oc1ccc(OC)cc1Cl. The van der Waals surface area contributed by atoms with Crippen molar-refractivity contribution in [3.8, 4) is 11.5 Å². The van der Waals surface area contributed by atoms with Gasteiger partial charge in [0.1, 0.15) is 18.6 Å². The third-order valence-electron chi connectivity index (χ3n) is 1.29. The molecule has 1 radical (unpaired) electrons. The van der Waals surface area contributed by atoms with Crippen LogP contribution in [0.15, 0.2) is 18.2 Å². The lowest BCUT2D eigenvalue weighted by atomic mass is 10.3. The average molecular weight is 172 g/mol. The Morgan fingerprint density at radius 2 is 2.18 bits per heavy atom. The van der Waals surface area contributed by atoms with E-state index in [1.165, 1.54) is 0 Å². The van der Waals surface area contributed by atoms with Crippen LogP contribution in [0.25, 0.3) is 0 Å². The van der Waals surface area contributed by atoms with Gasteiger partial charge < -0.3 is 9.47 Å². The van der Waals surface area contributed by atoms with Gasteiger partial charge in [0.2, 0.25) is 0 Å². The van der Waals surface area contributed by atoms with Crippen molar-refractivity contribution in [2.75, 3.05) is 7.11 Å². The van der Waals surface area contributed by atoms with Gasteiger partial charge in [0.25, 0.3) is 0 Å². The van der Waals surface area contributed by atoms with Crippen LogP contribution in [-0.4, -0.2) is 7.11 Å². The van der Waals surface area contributed by atoms with Crippen LogP contribution in [0.2, 0.25) is 5.02 Å². The average Bonchev–Trinajstić information content (AvgIpc) is 2.04. The first-order chi connectivity index (χ1) is 5.27.